The minimum atomic E-state index is -0.00304. The Labute approximate surface area is 118 Å². The molecule has 110 valence electrons. The monoisotopic (exact) mass is 266 g/mol. The number of carbonyl (C=O) groups is 1. The topological polar surface area (TPSA) is 26.3 Å². The van der Waals surface area contributed by atoms with Gasteiger partial charge in [-0.3, -0.25) is 4.79 Å². The van der Waals surface area contributed by atoms with Crippen LogP contribution in [0.25, 0.3) is 0 Å². The van der Waals surface area contributed by atoms with Crippen molar-refractivity contribution in [3.8, 4) is 0 Å². The number of carbonyl (C=O) groups excluding carboxylic acids is 1. The average Bonchev–Trinajstić information content (AvgIpc) is 2.38. The van der Waals surface area contributed by atoms with Crippen molar-refractivity contribution in [2.45, 2.75) is 90.1 Å². The van der Waals surface area contributed by atoms with Gasteiger partial charge in [-0.05, 0) is 51.9 Å². The van der Waals surface area contributed by atoms with Crippen molar-refractivity contribution < 1.29 is 9.53 Å². The van der Waals surface area contributed by atoms with Gasteiger partial charge >= 0.3 is 5.97 Å². The fourth-order valence-electron chi connectivity index (χ4n) is 2.51. The van der Waals surface area contributed by atoms with Gasteiger partial charge in [0.05, 0.1) is 6.10 Å². The zero-order valence-corrected chi connectivity index (χ0v) is 12.5. The Hall–Kier alpha value is -0.790. The highest BCUT2D eigenvalue weighted by molar-refractivity contribution is 5.69. The Morgan fingerprint density at radius 1 is 0.895 bits per heavy atom. The van der Waals surface area contributed by atoms with E-state index in [1.807, 2.05) is 6.92 Å². The van der Waals surface area contributed by atoms with Crippen molar-refractivity contribution in [2.75, 3.05) is 0 Å². The van der Waals surface area contributed by atoms with E-state index in [2.05, 4.69) is 12.2 Å². The molecule has 1 aliphatic rings. The largest absolute Gasteiger partial charge is 0.463 e. The molecule has 0 radical (unpaired) electrons. The first-order valence-electron chi connectivity index (χ1n) is 8.13. The first-order chi connectivity index (χ1) is 9.29. The van der Waals surface area contributed by atoms with Crippen molar-refractivity contribution >= 4 is 5.97 Å². The molecule has 0 fully saturated rings. The van der Waals surface area contributed by atoms with Gasteiger partial charge in [0.2, 0.25) is 0 Å². The average molecular weight is 266 g/mol. The van der Waals surface area contributed by atoms with E-state index in [9.17, 15) is 4.79 Å². The summed E-state index contributed by atoms with van der Waals surface area (Å²) in [7, 11) is 0. The molecule has 0 aromatic heterocycles. The molecule has 19 heavy (non-hydrogen) atoms. The van der Waals surface area contributed by atoms with Crippen LogP contribution in [0.5, 0.6) is 0 Å². The number of hydrogen-bond acceptors (Lipinski definition) is 2. The highest BCUT2D eigenvalue weighted by Crippen LogP contribution is 2.12. The fourth-order valence-corrected chi connectivity index (χ4v) is 2.51. The Balaban J connectivity index is 2.27. The fraction of sp³-hybridized carbons (Fsp3) is 0.824. The second-order valence-corrected chi connectivity index (χ2v) is 5.72. The summed E-state index contributed by atoms with van der Waals surface area (Å²) in [6, 6.07) is 0. The number of hydrogen-bond donors (Lipinski definition) is 0. The zero-order valence-electron chi connectivity index (χ0n) is 12.5. The normalized spacial score (nSPS) is 27.2. The van der Waals surface area contributed by atoms with Crippen LogP contribution < -0.4 is 0 Å². The minimum Gasteiger partial charge on any atom is -0.463 e. The van der Waals surface area contributed by atoms with E-state index < -0.39 is 0 Å². The standard InChI is InChI=1S/C17H30O2/c1-16-14-12-10-8-6-4-2-3-5-7-9-11-13-15-17(18)19-16/h4,6,16H,2-3,5,7-15H2,1H3/b6-4-. The van der Waals surface area contributed by atoms with E-state index in [0.29, 0.717) is 6.42 Å². The summed E-state index contributed by atoms with van der Waals surface area (Å²) >= 11 is 0. The molecular formula is C17H30O2. The van der Waals surface area contributed by atoms with Crippen molar-refractivity contribution in [3.05, 3.63) is 12.2 Å². The number of rotatable bonds is 0. The summed E-state index contributed by atoms with van der Waals surface area (Å²) in [5, 5.41) is 0. The summed E-state index contributed by atoms with van der Waals surface area (Å²) in [5.74, 6) is -0.00304. The molecular weight excluding hydrogens is 236 g/mol. The van der Waals surface area contributed by atoms with Crippen LogP contribution in [0.4, 0.5) is 0 Å². The van der Waals surface area contributed by atoms with Gasteiger partial charge in [0, 0.05) is 6.42 Å². The number of ether oxygens (including phenoxy) is 1. The van der Waals surface area contributed by atoms with Gasteiger partial charge in [-0.1, -0.05) is 37.8 Å². The van der Waals surface area contributed by atoms with Crippen LogP contribution in [0.1, 0.15) is 84.0 Å². The molecule has 2 heteroatoms. The molecule has 0 aromatic carbocycles. The summed E-state index contributed by atoms with van der Waals surface area (Å²) in [6.07, 6.45) is 18.5. The maximum Gasteiger partial charge on any atom is 0.306 e. The molecule has 0 amide bonds. The summed E-state index contributed by atoms with van der Waals surface area (Å²) in [5.41, 5.74) is 0. The molecule has 0 saturated heterocycles. The summed E-state index contributed by atoms with van der Waals surface area (Å²) in [6.45, 7) is 2.02. The molecule has 1 unspecified atom stereocenters. The predicted molar refractivity (Wildman–Crippen MR) is 80.1 cm³/mol. The van der Waals surface area contributed by atoms with Gasteiger partial charge in [0.25, 0.3) is 0 Å². The van der Waals surface area contributed by atoms with Gasteiger partial charge in [-0.2, -0.15) is 0 Å². The Morgan fingerprint density at radius 3 is 2.21 bits per heavy atom. The third-order valence-corrected chi connectivity index (χ3v) is 3.73. The minimum absolute atomic E-state index is 0.00304. The van der Waals surface area contributed by atoms with E-state index >= 15 is 0 Å². The van der Waals surface area contributed by atoms with Gasteiger partial charge < -0.3 is 4.74 Å². The second kappa shape index (κ2) is 11.1. The molecule has 0 bridgehead atoms. The summed E-state index contributed by atoms with van der Waals surface area (Å²) < 4.78 is 5.42. The van der Waals surface area contributed by atoms with Gasteiger partial charge in [-0.25, -0.2) is 0 Å². The molecule has 1 heterocycles. The smallest absolute Gasteiger partial charge is 0.306 e. The second-order valence-electron chi connectivity index (χ2n) is 5.72. The molecule has 1 rings (SSSR count). The molecule has 0 spiro atoms. The first-order valence-corrected chi connectivity index (χ1v) is 8.13. The van der Waals surface area contributed by atoms with Crippen molar-refractivity contribution in [3.63, 3.8) is 0 Å². The highest BCUT2D eigenvalue weighted by Gasteiger charge is 2.08. The Kier molecular flexibility index (Phi) is 9.48. The van der Waals surface area contributed by atoms with Crippen LogP contribution >= 0.6 is 0 Å². The van der Waals surface area contributed by atoms with Crippen LogP contribution in [-0.2, 0) is 9.53 Å². The molecule has 0 saturated carbocycles. The lowest BCUT2D eigenvalue weighted by atomic mass is 10.1. The first kappa shape index (κ1) is 16.3. The lowest BCUT2D eigenvalue weighted by Gasteiger charge is -2.12. The lowest BCUT2D eigenvalue weighted by molar-refractivity contribution is -0.148. The Bertz CT molecular complexity index is 258. The third kappa shape index (κ3) is 9.75. The van der Waals surface area contributed by atoms with Crippen LogP contribution in [0.2, 0.25) is 0 Å². The predicted octanol–water partition coefficient (Wildman–Crippen LogP) is 5.17. The van der Waals surface area contributed by atoms with Crippen molar-refractivity contribution in [2.24, 2.45) is 0 Å². The van der Waals surface area contributed by atoms with E-state index in [0.717, 1.165) is 19.3 Å². The highest BCUT2D eigenvalue weighted by atomic mass is 16.5. The number of allylic oxidation sites excluding steroid dienone is 2. The molecule has 0 N–H and O–H groups in total. The zero-order chi connectivity index (χ0) is 13.8. The quantitative estimate of drug-likeness (QED) is 0.446. The van der Waals surface area contributed by atoms with E-state index in [1.54, 1.807) is 0 Å². The van der Waals surface area contributed by atoms with Crippen molar-refractivity contribution in [1.82, 2.24) is 0 Å². The van der Waals surface area contributed by atoms with Crippen LogP contribution in [0.15, 0.2) is 12.2 Å². The van der Waals surface area contributed by atoms with Crippen molar-refractivity contribution in [1.29, 1.82) is 0 Å². The van der Waals surface area contributed by atoms with Gasteiger partial charge in [0.1, 0.15) is 0 Å². The molecule has 1 atom stereocenters. The van der Waals surface area contributed by atoms with E-state index in [4.69, 9.17) is 4.74 Å². The van der Waals surface area contributed by atoms with Gasteiger partial charge in [-0.15, -0.1) is 0 Å². The molecule has 2 nitrogen and oxygen atoms in total. The van der Waals surface area contributed by atoms with Gasteiger partial charge in [0.15, 0.2) is 0 Å². The maximum atomic E-state index is 11.6. The number of esters is 1. The summed E-state index contributed by atoms with van der Waals surface area (Å²) in [4.78, 5) is 11.6. The lowest BCUT2D eigenvalue weighted by Crippen LogP contribution is -2.14. The Morgan fingerprint density at radius 2 is 1.47 bits per heavy atom. The van der Waals surface area contributed by atoms with Crippen LogP contribution in [-0.4, -0.2) is 12.1 Å². The third-order valence-electron chi connectivity index (χ3n) is 3.73. The van der Waals surface area contributed by atoms with E-state index in [1.165, 1.54) is 51.4 Å². The van der Waals surface area contributed by atoms with E-state index in [-0.39, 0.29) is 12.1 Å². The van der Waals surface area contributed by atoms with Crippen LogP contribution in [0, 0.1) is 0 Å². The SMILES string of the molecule is CC1CCCC/C=C\CCCCCCCCC(=O)O1. The molecule has 1 aliphatic heterocycles. The number of cyclic esters (lactones) is 1. The van der Waals surface area contributed by atoms with Crippen LogP contribution in [0.3, 0.4) is 0 Å². The molecule has 0 aromatic rings. The maximum absolute atomic E-state index is 11.6. The molecule has 0 aliphatic carbocycles.